The van der Waals surface area contributed by atoms with Gasteiger partial charge in [0.1, 0.15) is 17.2 Å². The molecule has 5 nitrogen and oxygen atoms in total. The molecule has 0 aliphatic carbocycles. The van der Waals surface area contributed by atoms with Crippen LogP contribution >= 0.6 is 0 Å². The molecule has 0 saturated heterocycles. The van der Waals surface area contributed by atoms with E-state index < -0.39 is 28.9 Å². The van der Waals surface area contributed by atoms with E-state index in [0.717, 1.165) is 0 Å². The smallest absolute Gasteiger partial charge is 0.264 e. The fraction of sp³-hybridized carbons (Fsp3) is 0.0800. The zero-order valence-electron chi connectivity index (χ0n) is 17.1. The highest BCUT2D eigenvalue weighted by Gasteiger charge is 2.21. The first-order valence-electron chi connectivity index (χ1n) is 9.80. The number of para-hydroxylation sites is 1. The summed E-state index contributed by atoms with van der Waals surface area (Å²) in [7, 11) is 1.48. The predicted molar refractivity (Wildman–Crippen MR) is 118 cm³/mol. The maximum Gasteiger partial charge on any atom is 0.264 e. The molecule has 0 saturated carbocycles. The minimum absolute atomic E-state index is 0.123. The van der Waals surface area contributed by atoms with Crippen LogP contribution in [-0.2, 0) is 6.54 Å². The standard InChI is InChI=1S/C25H18F2N2O3/c1-28(20-12-10-19(27)11-13-20)24(31)21-14-17-4-2-3-5-22(17)29(25(21)32)15-23(30)16-6-8-18(26)9-7-16/h2-14H,15H2,1H3. The number of benzene rings is 3. The molecule has 4 aromatic rings. The van der Waals surface area contributed by atoms with Crippen LogP contribution in [0, 0.1) is 11.6 Å². The van der Waals surface area contributed by atoms with Crippen molar-refractivity contribution in [2.24, 2.45) is 0 Å². The van der Waals surface area contributed by atoms with Gasteiger partial charge in [-0.1, -0.05) is 18.2 Å². The maximum atomic E-state index is 13.3. The monoisotopic (exact) mass is 432 g/mol. The molecule has 1 aromatic heterocycles. The van der Waals surface area contributed by atoms with Crippen molar-refractivity contribution in [3.8, 4) is 0 Å². The number of rotatable bonds is 5. The lowest BCUT2D eigenvalue weighted by molar-refractivity contribution is 0.0963. The van der Waals surface area contributed by atoms with Gasteiger partial charge in [-0.05, 0) is 66.0 Å². The summed E-state index contributed by atoms with van der Waals surface area (Å²) in [4.78, 5) is 40.4. The SMILES string of the molecule is CN(C(=O)c1cc2ccccc2n(CC(=O)c2ccc(F)cc2)c1=O)c1ccc(F)cc1. The van der Waals surface area contributed by atoms with Crippen LogP contribution in [0.25, 0.3) is 10.9 Å². The zero-order chi connectivity index (χ0) is 22.8. The van der Waals surface area contributed by atoms with Crippen molar-refractivity contribution < 1.29 is 18.4 Å². The Morgan fingerprint density at radius 3 is 2.12 bits per heavy atom. The number of anilines is 1. The molecule has 1 heterocycles. The molecule has 3 aromatic carbocycles. The Kier molecular flexibility index (Phi) is 5.64. The first kappa shape index (κ1) is 21.1. The highest BCUT2D eigenvalue weighted by molar-refractivity contribution is 6.07. The average molecular weight is 432 g/mol. The first-order chi connectivity index (χ1) is 15.3. The highest BCUT2D eigenvalue weighted by Crippen LogP contribution is 2.19. The van der Waals surface area contributed by atoms with E-state index in [1.165, 1.54) is 71.1 Å². The van der Waals surface area contributed by atoms with Gasteiger partial charge in [0.2, 0.25) is 0 Å². The number of pyridine rings is 1. The molecule has 0 fully saturated rings. The Bertz CT molecular complexity index is 1380. The van der Waals surface area contributed by atoms with Gasteiger partial charge in [0, 0.05) is 18.3 Å². The van der Waals surface area contributed by atoms with Crippen LogP contribution < -0.4 is 10.5 Å². The number of amides is 1. The van der Waals surface area contributed by atoms with Gasteiger partial charge in [0.15, 0.2) is 5.78 Å². The molecule has 0 N–H and O–H groups in total. The number of aromatic nitrogens is 1. The van der Waals surface area contributed by atoms with Crippen molar-refractivity contribution in [3.05, 3.63) is 112 Å². The van der Waals surface area contributed by atoms with E-state index in [9.17, 15) is 23.2 Å². The van der Waals surface area contributed by atoms with Crippen LogP contribution in [0.3, 0.4) is 0 Å². The van der Waals surface area contributed by atoms with Crippen LogP contribution in [0.4, 0.5) is 14.5 Å². The van der Waals surface area contributed by atoms with Crippen molar-refractivity contribution in [1.29, 1.82) is 0 Å². The van der Waals surface area contributed by atoms with Gasteiger partial charge < -0.3 is 4.90 Å². The molecule has 7 heteroatoms. The molecule has 0 aliphatic rings. The minimum atomic E-state index is -0.627. The second-order valence-electron chi connectivity index (χ2n) is 7.28. The number of hydrogen-bond acceptors (Lipinski definition) is 3. The zero-order valence-corrected chi connectivity index (χ0v) is 17.1. The van der Waals surface area contributed by atoms with Crippen molar-refractivity contribution in [1.82, 2.24) is 4.57 Å². The van der Waals surface area contributed by atoms with Gasteiger partial charge >= 0.3 is 0 Å². The number of carbonyl (C=O) groups excluding carboxylic acids is 2. The summed E-state index contributed by atoms with van der Waals surface area (Å²) < 4.78 is 27.7. The molecule has 1 amide bonds. The van der Waals surface area contributed by atoms with E-state index in [-0.39, 0.29) is 17.7 Å². The van der Waals surface area contributed by atoms with Crippen molar-refractivity contribution in [2.75, 3.05) is 11.9 Å². The fourth-order valence-corrected chi connectivity index (χ4v) is 3.47. The summed E-state index contributed by atoms with van der Waals surface area (Å²) in [6.07, 6.45) is 0. The van der Waals surface area contributed by atoms with Crippen molar-refractivity contribution in [3.63, 3.8) is 0 Å². The fourth-order valence-electron chi connectivity index (χ4n) is 3.47. The highest BCUT2D eigenvalue weighted by atomic mass is 19.1. The van der Waals surface area contributed by atoms with Crippen LogP contribution in [-0.4, -0.2) is 23.3 Å². The van der Waals surface area contributed by atoms with Gasteiger partial charge in [0.25, 0.3) is 11.5 Å². The third-order valence-electron chi connectivity index (χ3n) is 5.22. The number of carbonyl (C=O) groups is 2. The Morgan fingerprint density at radius 1 is 0.875 bits per heavy atom. The molecular formula is C25H18F2N2O3. The number of ketones is 1. The topological polar surface area (TPSA) is 59.4 Å². The molecular weight excluding hydrogens is 414 g/mol. The Balaban J connectivity index is 1.77. The van der Waals surface area contributed by atoms with Gasteiger partial charge in [0.05, 0.1) is 12.1 Å². The minimum Gasteiger partial charge on any atom is -0.311 e. The number of hydrogen-bond donors (Lipinski definition) is 0. The molecule has 0 spiro atoms. The molecule has 0 unspecified atom stereocenters. The molecule has 0 radical (unpaired) electrons. The van der Waals surface area contributed by atoms with E-state index in [1.54, 1.807) is 24.3 Å². The van der Waals surface area contributed by atoms with Gasteiger partial charge in [-0.2, -0.15) is 0 Å². The van der Waals surface area contributed by atoms with Crippen molar-refractivity contribution in [2.45, 2.75) is 6.54 Å². The van der Waals surface area contributed by atoms with E-state index in [2.05, 4.69) is 0 Å². The molecule has 0 aliphatic heterocycles. The summed E-state index contributed by atoms with van der Waals surface area (Å²) in [5.41, 5.74) is 0.412. The summed E-state index contributed by atoms with van der Waals surface area (Å²) in [6.45, 7) is -0.313. The normalized spacial score (nSPS) is 10.8. The molecule has 0 bridgehead atoms. The number of halogens is 2. The Hall–Kier alpha value is -4.13. The number of Topliss-reactive ketones (excluding diaryl/α,β-unsaturated/α-hetero) is 1. The van der Waals surface area contributed by atoms with E-state index >= 15 is 0 Å². The second kappa shape index (κ2) is 8.55. The lowest BCUT2D eigenvalue weighted by atomic mass is 10.1. The maximum absolute atomic E-state index is 13.3. The largest absolute Gasteiger partial charge is 0.311 e. The van der Waals surface area contributed by atoms with Crippen LogP contribution in [0.15, 0.2) is 83.7 Å². The second-order valence-corrected chi connectivity index (χ2v) is 7.28. The van der Waals surface area contributed by atoms with Gasteiger partial charge in [-0.3, -0.25) is 19.0 Å². The van der Waals surface area contributed by atoms with Gasteiger partial charge in [-0.25, -0.2) is 8.78 Å². The number of fused-ring (bicyclic) bond motifs is 1. The van der Waals surface area contributed by atoms with E-state index in [1.807, 2.05) is 0 Å². The first-order valence-corrected chi connectivity index (χ1v) is 9.80. The van der Waals surface area contributed by atoms with E-state index in [4.69, 9.17) is 0 Å². The van der Waals surface area contributed by atoms with Crippen LogP contribution in [0.2, 0.25) is 0 Å². The van der Waals surface area contributed by atoms with Crippen LogP contribution in [0.1, 0.15) is 20.7 Å². The quantitative estimate of drug-likeness (QED) is 0.438. The van der Waals surface area contributed by atoms with Crippen LogP contribution in [0.5, 0.6) is 0 Å². The summed E-state index contributed by atoms with van der Waals surface area (Å²) in [5, 5.41) is 0.606. The Morgan fingerprint density at radius 2 is 1.47 bits per heavy atom. The summed E-state index contributed by atoms with van der Waals surface area (Å²) >= 11 is 0. The third-order valence-corrected chi connectivity index (χ3v) is 5.22. The predicted octanol–water partition coefficient (Wildman–Crippen LogP) is 4.44. The summed E-state index contributed by atoms with van der Waals surface area (Å²) in [5.74, 6) is -1.90. The van der Waals surface area contributed by atoms with Crippen molar-refractivity contribution >= 4 is 28.3 Å². The van der Waals surface area contributed by atoms with E-state index in [0.29, 0.717) is 16.6 Å². The molecule has 32 heavy (non-hydrogen) atoms. The summed E-state index contributed by atoms with van der Waals surface area (Å²) in [6, 6.07) is 18.8. The average Bonchev–Trinajstić information content (AvgIpc) is 2.80. The molecule has 4 rings (SSSR count). The third kappa shape index (κ3) is 4.05. The number of nitrogens with zero attached hydrogens (tertiary/aromatic N) is 2. The molecule has 160 valence electrons. The lowest BCUT2D eigenvalue weighted by Gasteiger charge is -2.19. The Labute approximate surface area is 182 Å². The van der Waals surface area contributed by atoms with Gasteiger partial charge in [-0.15, -0.1) is 0 Å². The molecule has 0 atom stereocenters. The lowest BCUT2D eigenvalue weighted by Crippen LogP contribution is -2.35.